The highest BCUT2D eigenvalue weighted by molar-refractivity contribution is 5.94. The SMILES string of the molecule is CN1C(=O)CCC2(CNC(=O)c3ccccc3)CCC=C12. The zero-order valence-electron chi connectivity index (χ0n) is 12.3. The molecule has 1 aromatic rings. The van der Waals surface area contributed by atoms with E-state index in [2.05, 4.69) is 11.4 Å². The molecule has 2 aliphatic rings. The molecule has 0 aromatic heterocycles. The topological polar surface area (TPSA) is 49.4 Å². The quantitative estimate of drug-likeness (QED) is 0.926. The van der Waals surface area contributed by atoms with Crippen LogP contribution in [0.5, 0.6) is 0 Å². The fraction of sp³-hybridized carbons (Fsp3) is 0.412. The molecule has 21 heavy (non-hydrogen) atoms. The molecule has 0 saturated carbocycles. The van der Waals surface area contributed by atoms with E-state index in [1.165, 1.54) is 0 Å². The zero-order chi connectivity index (χ0) is 14.9. The van der Waals surface area contributed by atoms with Crippen LogP contribution in [0.2, 0.25) is 0 Å². The van der Waals surface area contributed by atoms with Gasteiger partial charge in [-0.3, -0.25) is 9.59 Å². The lowest BCUT2D eigenvalue weighted by Crippen LogP contribution is -2.46. The van der Waals surface area contributed by atoms with Gasteiger partial charge in [0.1, 0.15) is 0 Å². The van der Waals surface area contributed by atoms with Crippen molar-refractivity contribution in [1.82, 2.24) is 10.2 Å². The summed E-state index contributed by atoms with van der Waals surface area (Å²) in [6, 6.07) is 9.25. The van der Waals surface area contributed by atoms with E-state index in [0.717, 1.165) is 25.0 Å². The Morgan fingerprint density at radius 2 is 2.05 bits per heavy atom. The van der Waals surface area contributed by atoms with Crippen LogP contribution >= 0.6 is 0 Å². The highest BCUT2D eigenvalue weighted by Crippen LogP contribution is 2.46. The molecule has 1 atom stereocenters. The normalized spacial score (nSPS) is 24.5. The predicted molar refractivity (Wildman–Crippen MR) is 80.5 cm³/mol. The maximum Gasteiger partial charge on any atom is 0.251 e. The lowest BCUT2D eigenvalue weighted by molar-refractivity contribution is -0.131. The summed E-state index contributed by atoms with van der Waals surface area (Å²) in [6.07, 6.45) is 5.53. The van der Waals surface area contributed by atoms with Gasteiger partial charge >= 0.3 is 0 Å². The van der Waals surface area contributed by atoms with Crippen molar-refractivity contribution in [3.8, 4) is 0 Å². The van der Waals surface area contributed by atoms with E-state index < -0.39 is 0 Å². The van der Waals surface area contributed by atoms with Crippen LogP contribution in [-0.2, 0) is 4.79 Å². The van der Waals surface area contributed by atoms with Gasteiger partial charge in [-0.1, -0.05) is 24.3 Å². The fourth-order valence-corrected chi connectivity index (χ4v) is 3.43. The Morgan fingerprint density at radius 1 is 1.29 bits per heavy atom. The molecule has 1 saturated heterocycles. The van der Waals surface area contributed by atoms with Crippen molar-refractivity contribution in [3.63, 3.8) is 0 Å². The molecule has 110 valence electrons. The summed E-state index contributed by atoms with van der Waals surface area (Å²) in [7, 11) is 1.84. The highest BCUT2D eigenvalue weighted by atomic mass is 16.2. The molecular weight excluding hydrogens is 264 g/mol. The van der Waals surface area contributed by atoms with Gasteiger partial charge in [0.15, 0.2) is 0 Å². The Kier molecular flexibility index (Phi) is 3.53. The summed E-state index contributed by atoms with van der Waals surface area (Å²) < 4.78 is 0. The molecule has 1 fully saturated rings. The van der Waals surface area contributed by atoms with Crippen LogP contribution in [0, 0.1) is 5.41 Å². The summed E-state index contributed by atoms with van der Waals surface area (Å²) in [5.41, 5.74) is 1.71. The minimum absolute atomic E-state index is 0.0456. The Bertz CT molecular complexity index is 594. The first kappa shape index (κ1) is 13.9. The average molecular weight is 284 g/mol. The number of likely N-dealkylation sites (tertiary alicyclic amines) is 1. The molecule has 1 aromatic carbocycles. The van der Waals surface area contributed by atoms with Crippen LogP contribution in [0.4, 0.5) is 0 Å². The second-order valence-electron chi connectivity index (χ2n) is 5.91. The van der Waals surface area contributed by atoms with E-state index in [-0.39, 0.29) is 17.2 Å². The number of nitrogens with one attached hydrogen (secondary N) is 1. The number of hydrogen-bond acceptors (Lipinski definition) is 2. The standard InChI is InChI=1S/C17H20N2O2/c1-19-14-8-5-10-17(14,11-9-15(19)20)12-18-16(21)13-6-3-2-4-7-13/h2-4,6-8H,5,9-12H2,1H3,(H,18,21). The van der Waals surface area contributed by atoms with Gasteiger partial charge in [0, 0.05) is 36.7 Å². The van der Waals surface area contributed by atoms with E-state index in [1.807, 2.05) is 37.4 Å². The van der Waals surface area contributed by atoms with E-state index >= 15 is 0 Å². The smallest absolute Gasteiger partial charge is 0.251 e. The van der Waals surface area contributed by atoms with Gasteiger partial charge in [0.05, 0.1) is 0 Å². The molecule has 1 N–H and O–H groups in total. The largest absolute Gasteiger partial charge is 0.351 e. The summed E-state index contributed by atoms with van der Waals surface area (Å²) in [5, 5.41) is 3.05. The number of benzene rings is 1. The van der Waals surface area contributed by atoms with Crippen LogP contribution in [0.3, 0.4) is 0 Å². The number of amides is 2. The van der Waals surface area contributed by atoms with Crippen LogP contribution in [0.1, 0.15) is 36.0 Å². The summed E-state index contributed by atoms with van der Waals surface area (Å²) in [6.45, 7) is 0.601. The van der Waals surface area contributed by atoms with Gasteiger partial charge < -0.3 is 10.2 Å². The van der Waals surface area contributed by atoms with Gasteiger partial charge in [-0.05, 0) is 31.4 Å². The van der Waals surface area contributed by atoms with Crippen molar-refractivity contribution in [2.45, 2.75) is 25.7 Å². The molecule has 0 bridgehead atoms. The third-order valence-corrected chi connectivity index (χ3v) is 4.68. The number of hydrogen-bond donors (Lipinski definition) is 1. The first-order valence-corrected chi connectivity index (χ1v) is 7.43. The van der Waals surface area contributed by atoms with Crippen molar-refractivity contribution < 1.29 is 9.59 Å². The zero-order valence-corrected chi connectivity index (χ0v) is 12.3. The molecule has 3 rings (SSSR count). The second-order valence-corrected chi connectivity index (χ2v) is 5.91. The molecular formula is C17H20N2O2. The minimum atomic E-state index is -0.0624. The van der Waals surface area contributed by atoms with E-state index in [4.69, 9.17) is 0 Å². The number of nitrogens with zero attached hydrogens (tertiary/aromatic N) is 1. The third-order valence-electron chi connectivity index (χ3n) is 4.68. The van der Waals surface area contributed by atoms with Gasteiger partial charge in [-0.15, -0.1) is 0 Å². The number of fused-ring (bicyclic) bond motifs is 1. The van der Waals surface area contributed by atoms with Gasteiger partial charge in [0.2, 0.25) is 5.91 Å². The molecule has 0 radical (unpaired) electrons. The maximum absolute atomic E-state index is 12.2. The van der Waals surface area contributed by atoms with Crippen LogP contribution in [0.15, 0.2) is 42.1 Å². The lowest BCUT2D eigenvalue weighted by Gasteiger charge is -2.41. The van der Waals surface area contributed by atoms with Crippen LogP contribution in [-0.4, -0.2) is 30.3 Å². The number of allylic oxidation sites excluding steroid dienone is 1. The number of rotatable bonds is 3. The minimum Gasteiger partial charge on any atom is -0.351 e. The molecule has 4 nitrogen and oxygen atoms in total. The molecule has 2 amide bonds. The fourth-order valence-electron chi connectivity index (χ4n) is 3.43. The van der Waals surface area contributed by atoms with Crippen molar-refractivity contribution >= 4 is 11.8 Å². The Labute approximate surface area is 124 Å². The van der Waals surface area contributed by atoms with Gasteiger partial charge in [-0.25, -0.2) is 0 Å². The molecule has 1 aliphatic heterocycles. The Balaban J connectivity index is 1.71. The average Bonchev–Trinajstić information content (AvgIpc) is 2.95. The van der Waals surface area contributed by atoms with Crippen molar-refractivity contribution in [2.75, 3.05) is 13.6 Å². The molecule has 1 heterocycles. The molecule has 1 unspecified atom stereocenters. The van der Waals surface area contributed by atoms with Gasteiger partial charge in [0.25, 0.3) is 5.91 Å². The molecule has 1 aliphatic carbocycles. The first-order chi connectivity index (χ1) is 10.1. The predicted octanol–water partition coefficient (Wildman–Crippen LogP) is 2.33. The Morgan fingerprint density at radius 3 is 2.81 bits per heavy atom. The van der Waals surface area contributed by atoms with Crippen molar-refractivity contribution in [3.05, 3.63) is 47.7 Å². The monoisotopic (exact) mass is 284 g/mol. The summed E-state index contributed by atoms with van der Waals surface area (Å²) in [4.78, 5) is 25.8. The summed E-state index contributed by atoms with van der Waals surface area (Å²) in [5.74, 6) is 0.129. The van der Waals surface area contributed by atoms with Crippen LogP contribution in [0.25, 0.3) is 0 Å². The van der Waals surface area contributed by atoms with E-state index in [1.54, 1.807) is 4.90 Å². The first-order valence-electron chi connectivity index (χ1n) is 7.43. The van der Waals surface area contributed by atoms with E-state index in [9.17, 15) is 9.59 Å². The third kappa shape index (κ3) is 2.46. The summed E-state index contributed by atoms with van der Waals surface area (Å²) >= 11 is 0. The van der Waals surface area contributed by atoms with Gasteiger partial charge in [-0.2, -0.15) is 0 Å². The lowest BCUT2D eigenvalue weighted by atomic mass is 9.77. The van der Waals surface area contributed by atoms with Crippen molar-refractivity contribution in [2.24, 2.45) is 5.41 Å². The molecule has 0 spiro atoms. The number of carbonyl (C=O) groups is 2. The Hall–Kier alpha value is -2.10. The number of piperidine rings is 1. The second kappa shape index (κ2) is 5.35. The highest BCUT2D eigenvalue weighted by Gasteiger charge is 2.44. The number of carbonyl (C=O) groups excluding carboxylic acids is 2. The van der Waals surface area contributed by atoms with E-state index in [0.29, 0.717) is 18.5 Å². The maximum atomic E-state index is 12.2. The van der Waals surface area contributed by atoms with Crippen molar-refractivity contribution in [1.29, 1.82) is 0 Å². The van der Waals surface area contributed by atoms with Crippen LogP contribution < -0.4 is 5.32 Å². The molecule has 4 heteroatoms.